The summed E-state index contributed by atoms with van der Waals surface area (Å²) in [6.45, 7) is 4.82. The molecule has 1 fully saturated rings. The van der Waals surface area contributed by atoms with E-state index in [4.69, 9.17) is 38.0 Å². The zero-order valence-corrected chi connectivity index (χ0v) is 21.2. The van der Waals surface area contributed by atoms with Gasteiger partial charge in [0.2, 0.25) is 0 Å². The summed E-state index contributed by atoms with van der Waals surface area (Å²) in [7, 11) is 3.12. The second kappa shape index (κ2) is 12.6. The lowest BCUT2D eigenvalue weighted by atomic mass is 10.1. The van der Waals surface area contributed by atoms with Gasteiger partial charge in [-0.05, 0) is 49.0 Å². The topological polar surface area (TPSA) is 46.2 Å². The second-order valence-electron chi connectivity index (χ2n) is 8.02. The molecule has 1 aliphatic rings. The second-order valence-corrected chi connectivity index (χ2v) is 8.85. The molecule has 35 heavy (non-hydrogen) atoms. The van der Waals surface area contributed by atoms with Crippen LogP contribution in [0.25, 0.3) is 0 Å². The Kier molecular flexibility index (Phi) is 9.85. The quantitative estimate of drug-likeness (QED) is 0.441. The van der Waals surface area contributed by atoms with Gasteiger partial charge in [-0.1, -0.05) is 11.6 Å². The summed E-state index contributed by atoms with van der Waals surface area (Å²) < 4.78 is 57.0. The Balaban J connectivity index is 1.80. The molecule has 2 aromatic rings. The van der Waals surface area contributed by atoms with Crippen LogP contribution >= 0.6 is 23.8 Å². The molecule has 0 aliphatic carbocycles. The van der Waals surface area contributed by atoms with Crippen molar-refractivity contribution in [3.8, 4) is 11.5 Å². The number of halogens is 4. The Morgan fingerprint density at radius 2 is 1.89 bits per heavy atom. The van der Waals surface area contributed by atoms with Crippen molar-refractivity contribution in [2.45, 2.75) is 19.1 Å². The number of thiocarbonyl (C=S) groups is 1. The predicted octanol–water partition coefficient (Wildman–Crippen LogP) is 5.30. The highest BCUT2D eigenvalue weighted by atomic mass is 35.5. The zero-order chi connectivity index (χ0) is 25.4. The SMILES string of the molecule is COc1ccc(CN(CCCN2CCOCC2)C(=S)Nc2ccc(Cl)cc2C(F)(F)F)c(OC)c1. The molecule has 3 rings (SSSR count). The molecule has 0 amide bonds. The first-order valence-corrected chi connectivity index (χ1v) is 11.9. The molecule has 0 aromatic heterocycles. The summed E-state index contributed by atoms with van der Waals surface area (Å²) in [5, 5.41) is 2.97. The molecule has 2 aromatic carbocycles. The van der Waals surface area contributed by atoms with Crippen LogP contribution in [0.15, 0.2) is 36.4 Å². The first kappa shape index (κ1) is 27.3. The highest BCUT2D eigenvalue weighted by Gasteiger charge is 2.34. The van der Waals surface area contributed by atoms with Crippen LogP contribution in [0.2, 0.25) is 5.02 Å². The Hall–Kier alpha value is -2.27. The Morgan fingerprint density at radius 1 is 1.14 bits per heavy atom. The van der Waals surface area contributed by atoms with Gasteiger partial charge in [-0.2, -0.15) is 13.2 Å². The smallest absolute Gasteiger partial charge is 0.418 e. The predicted molar refractivity (Wildman–Crippen MR) is 135 cm³/mol. The summed E-state index contributed by atoms with van der Waals surface area (Å²) in [4.78, 5) is 4.14. The first-order chi connectivity index (χ1) is 16.7. The molecule has 0 radical (unpaired) electrons. The normalized spacial score (nSPS) is 14.5. The van der Waals surface area contributed by atoms with E-state index in [9.17, 15) is 13.2 Å². The molecule has 6 nitrogen and oxygen atoms in total. The number of anilines is 1. The van der Waals surface area contributed by atoms with Crippen molar-refractivity contribution in [1.82, 2.24) is 9.80 Å². The van der Waals surface area contributed by atoms with Gasteiger partial charge in [-0.3, -0.25) is 4.90 Å². The third kappa shape index (κ3) is 7.86. The van der Waals surface area contributed by atoms with Crippen molar-refractivity contribution in [2.75, 3.05) is 58.9 Å². The van der Waals surface area contributed by atoms with Gasteiger partial charge < -0.3 is 24.4 Å². The molecule has 192 valence electrons. The van der Waals surface area contributed by atoms with Crippen LogP contribution in [0.4, 0.5) is 18.9 Å². The molecule has 0 unspecified atom stereocenters. The van der Waals surface area contributed by atoms with Gasteiger partial charge in [-0.25, -0.2) is 0 Å². The van der Waals surface area contributed by atoms with E-state index in [0.717, 1.165) is 37.7 Å². The molecule has 1 aliphatic heterocycles. The van der Waals surface area contributed by atoms with Gasteiger partial charge >= 0.3 is 6.18 Å². The van der Waals surface area contributed by atoms with Gasteiger partial charge in [-0.15, -0.1) is 0 Å². The van der Waals surface area contributed by atoms with Crippen LogP contribution in [-0.4, -0.2) is 68.5 Å². The third-order valence-corrected chi connectivity index (χ3v) is 6.27. The van der Waals surface area contributed by atoms with E-state index < -0.39 is 11.7 Å². The molecule has 0 atom stereocenters. The average molecular weight is 532 g/mol. The number of nitrogens with zero attached hydrogens (tertiary/aromatic N) is 2. The lowest BCUT2D eigenvalue weighted by Gasteiger charge is -2.30. The van der Waals surface area contributed by atoms with E-state index >= 15 is 0 Å². The number of rotatable bonds is 9. The molecular weight excluding hydrogens is 503 g/mol. The lowest BCUT2D eigenvalue weighted by Crippen LogP contribution is -2.40. The summed E-state index contributed by atoms with van der Waals surface area (Å²) in [6, 6.07) is 9.01. The average Bonchev–Trinajstić information content (AvgIpc) is 2.84. The van der Waals surface area contributed by atoms with E-state index in [0.29, 0.717) is 37.8 Å². The van der Waals surface area contributed by atoms with Crippen molar-refractivity contribution in [3.05, 3.63) is 52.5 Å². The minimum absolute atomic E-state index is 0.000806. The number of alkyl halides is 3. The molecule has 0 saturated carbocycles. The summed E-state index contributed by atoms with van der Waals surface area (Å²) >= 11 is 11.4. The summed E-state index contributed by atoms with van der Waals surface area (Å²) in [5.74, 6) is 1.24. The minimum Gasteiger partial charge on any atom is -0.497 e. The standard InChI is InChI=1S/C24H29ClF3N3O3S/c1-32-19-6-4-17(22(15-19)33-2)16-31(9-3-8-30-10-12-34-13-11-30)23(35)29-21-7-5-18(25)14-20(21)24(26,27)28/h4-7,14-15H,3,8-13,16H2,1-2H3,(H,29,35). The molecule has 1 N–H and O–H groups in total. The highest BCUT2D eigenvalue weighted by Crippen LogP contribution is 2.36. The van der Waals surface area contributed by atoms with Crippen molar-refractivity contribution < 1.29 is 27.4 Å². The van der Waals surface area contributed by atoms with E-state index in [1.54, 1.807) is 26.4 Å². The van der Waals surface area contributed by atoms with Crippen molar-refractivity contribution in [1.29, 1.82) is 0 Å². The van der Waals surface area contributed by atoms with E-state index in [1.807, 2.05) is 11.0 Å². The zero-order valence-electron chi connectivity index (χ0n) is 19.7. The summed E-state index contributed by atoms with van der Waals surface area (Å²) in [6.07, 6.45) is -3.81. The van der Waals surface area contributed by atoms with Crippen molar-refractivity contribution in [3.63, 3.8) is 0 Å². The van der Waals surface area contributed by atoms with Crippen molar-refractivity contribution >= 4 is 34.6 Å². The number of nitrogens with one attached hydrogen (secondary N) is 1. The molecule has 1 heterocycles. The molecule has 11 heteroatoms. The van der Waals surface area contributed by atoms with E-state index in [1.165, 1.54) is 12.1 Å². The molecular formula is C24H29ClF3N3O3S. The fraction of sp³-hybridized carbons (Fsp3) is 0.458. The van der Waals surface area contributed by atoms with Gasteiger partial charge in [0, 0.05) is 49.4 Å². The Bertz CT molecular complexity index is 1000. The van der Waals surface area contributed by atoms with Crippen LogP contribution < -0.4 is 14.8 Å². The first-order valence-electron chi connectivity index (χ1n) is 11.1. The van der Waals surface area contributed by atoms with Crippen LogP contribution in [0, 0.1) is 0 Å². The fourth-order valence-electron chi connectivity index (χ4n) is 3.80. The number of ether oxygens (including phenoxy) is 3. The maximum Gasteiger partial charge on any atom is 0.418 e. The minimum atomic E-state index is -4.58. The maximum atomic E-state index is 13.6. The van der Waals surface area contributed by atoms with Crippen molar-refractivity contribution in [2.24, 2.45) is 0 Å². The van der Waals surface area contributed by atoms with Gasteiger partial charge in [0.1, 0.15) is 11.5 Å². The van der Waals surface area contributed by atoms with Gasteiger partial charge in [0.05, 0.1) is 38.7 Å². The number of morpholine rings is 1. The number of methoxy groups -OCH3 is 2. The van der Waals surface area contributed by atoms with E-state index in [-0.39, 0.29) is 15.8 Å². The fourth-order valence-corrected chi connectivity index (χ4v) is 4.24. The van der Waals surface area contributed by atoms with Crippen LogP contribution in [-0.2, 0) is 17.5 Å². The highest BCUT2D eigenvalue weighted by molar-refractivity contribution is 7.80. The van der Waals surface area contributed by atoms with Gasteiger partial charge in [0.15, 0.2) is 5.11 Å². The Morgan fingerprint density at radius 3 is 2.54 bits per heavy atom. The number of hydrogen-bond acceptors (Lipinski definition) is 5. The maximum absolute atomic E-state index is 13.6. The van der Waals surface area contributed by atoms with Crippen LogP contribution in [0.3, 0.4) is 0 Å². The monoisotopic (exact) mass is 531 g/mol. The Labute approximate surface area is 213 Å². The van der Waals surface area contributed by atoms with Crippen LogP contribution in [0.1, 0.15) is 17.5 Å². The number of benzene rings is 2. The lowest BCUT2D eigenvalue weighted by molar-refractivity contribution is -0.136. The third-order valence-electron chi connectivity index (χ3n) is 5.68. The molecule has 0 bridgehead atoms. The number of hydrogen-bond donors (Lipinski definition) is 1. The van der Waals surface area contributed by atoms with E-state index in [2.05, 4.69) is 10.2 Å². The van der Waals surface area contributed by atoms with Crippen LogP contribution in [0.5, 0.6) is 11.5 Å². The summed E-state index contributed by atoms with van der Waals surface area (Å²) in [5.41, 5.74) is -0.189. The molecule has 1 saturated heterocycles. The molecule has 0 spiro atoms. The largest absolute Gasteiger partial charge is 0.497 e. The van der Waals surface area contributed by atoms with Gasteiger partial charge in [0.25, 0.3) is 0 Å².